The molecule has 1 saturated heterocycles. The number of pyridine rings is 1. The maximum atomic E-state index is 12.0. The van der Waals surface area contributed by atoms with Crippen molar-refractivity contribution < 1.29 is 9.21 Å². The van der Waals surface area contributed by atoms with E-state index in [-0.39, 0.29) is 5.91 Å². The highest BCUT2D eigenvalue weighted by Gasteiger charge is 2.23. The number of anilines is 2. The van der Waals surface area contributed by atoms with Crippen LogP contribution in [0.5, 0.6) is 0 Å². The molecule has 4 heterocycles. The Morgan fingerprint density at radius 1 is 1.35 bits per heavy atom. The van der Waals surface area contributed by atoms with Crippen molar-refractivity contribution in [3.05, 3.63) is 42.6 Å². The Morgan fingerprint density at radius 2 is 2.27 bits per heavy atom. The molecule has 1 amide bonds. The molecule has 3 aromatic rings. The fourth-order valence-electron chi connectivity index (χ4n) is 3.35. The highest BCUT2D eigenvalue weighted by molar-refractivity contribution is 5.91. The number of aromatic nitrogens is 3. The molecule has 1 aliphatic rings. The Balaban J connectivity index is 1.46. The quantitative estimate of drug-likeness (QED) is 0.737. The molecule has 0 aliphatic carbocycles. The number of nitrogens with two attached hydrogens (primary N) is 1. The first-order valence-corrected chi connectivity index (χ1v) is 8.64. The standard InChI is InChI=1S/C18H20N6O2/c19-15-6-5-13-16(23-15)21-11-22-17(13)24-7-1-3-12(10-24)9-20-18(25)14-4-2-8-26-14/h2,4-6,8,11-12H,1,3,7,9-10H2,(H,20,25)(H2,19,21,22,23). The maximum Gasteiger partial charge on any atom is 0.286 e. The van der Waals surface area contributed by atoms with E-state index in [1.54, 1.807) is 18.2 Å². The molecule has 4 rings (SSSR count). The second kappa shape index (κ2) is 6.99. The number of carbonyl (C=O) groups excluding carboxylic acids is 1. The van der Waals surface area contributed by atoms with Gasteiger partial charge in [-0.2, -0.15) is 0 Å². The number of rotatable bonds is 4. The molecule has 1 unspecified atom stereocenters. The second-order valence-electron chi connectivity index (χ2n) is 6.45. The van der Waals surface area contributed by atoms with E-state index in [4.69, 9.17) is 10.2 Å². The number of nitrogens with one attached hydrogen (secondary N) is 1. The van der Waals surface area contributed by atoms with Gasteiger partial charge in [0.25, 0.3) is 5.91 Å². The Hall–Kier alpha value is -3.16. The van der Waals surface area contributed by atoms with Crippen LogP contribution in [0.3, 0.4) is 0 Å². The normalized spacial score (nSPS) is 17.4. The van der Waals surface area contributed by atoms with Gasteiger partial charge in [-0.1, -0.05) is 0 Å². The molecular weight excluding hydrogens is 332 g/mol. The molecule has 8 nitrogen and oxygen atoms in total. The third-order valence-electron chi connectivity index (χ3n) is 4.61. The van der Waals surface area contributed by atoms with Crippen molar-refractivity contribution in [1.82, 2.24) is 20.3 Å². The number of fused-ring (bicyclic) bond motifs is 1. The topological polar surface area (TPSA) is 110 Å². The van der Waals surface area contributed by atoms with Gasteiger partial charge < -0.3 is 20.4 Å². The van der Waals surface area contributed by atoms with Crippen LogP contribution in [0.2, 0.25) is 0 Å². The van der Waals surface area contributed by atoms with Crippen molar-refractivity contribution in [2.24, 2.45) is 5.92 Å². The van der Waals surface area contributed by atoms with Crippen LogP contribution in [0.4, 0.5) is 11.6 Å². The summed E-state index contributed by atoms with van der Waals surface area (Å²) < 4.78 is 5.13. The first kappa shape index (κ1) is 16.3. The number of hydrogen-bond acceptors (Lipinski definition) is 7. The van der Waals surface area contributed by atoms with E-state index in [1.165, 1.54) is 12.6 Å². The maximum absolute atomic E-state index is 12.0. The summed E-state index contributed by atoms with van der Waals surface area (Å²) in [5, 5.41) is 3.84. The highest BCUT2D eigenvalue weighted by Crippen LogP contribution is 2.27. The van der Waals surface area contributed by atoms with Crippen molar-refractivity contribution >= 4 is 28.6 Å². The molecule has 3 aromatic heterocycles. The van der Waals surface area contributed by atoms with Crippen LogP contribution in [0.15, 0.2) is 41.3 Å². The third kappa shape index (κ3) is 3.30. The molecule has 0 spiro atoms. The van der Waals surface area contributed by atoms with Gasteiger partial charge in [-0.15, -0.1) is 0 Å². The van der Waals surface area contributed by atoms with E-state index >= 15 is 0 Å². The minimum absolute atomic E-state index is 0.181. The van der Waals surface area contributed by atoms with Crippen LogP contribution in [0.25, 0.3) is 11.0 Å². The van der Waals surface area contributed by atoms with Crippen LogP contribution in [0, 0.1) is 5.92 Å². The van der Waals surface area contributed by atoms with E-state index in [0.29, 0.717) is 29.7 Å². The number of nitrogen functional groups attached to an aromatic ring is 1. The zero-order valence-electron chi connectivity index (χ0n) is 14.3. The van der Waals surface area contributed by atoms with Gasteiger partial charge in [-0.25, -0.2) is 15.0 Å². The van der Waals surface area contributed by atoms with E-state index < -0.39 is 0 Å². The monoisotopic (exact) mass is 352 g/mol. The minimum atomic E-state index is -0.181. The Labute approximate surface area is 150 Å². The SMILES string of the molecule is Nc1ccc2c(N3CCCC(CNC(=O)c4ccco4)C3)ncnc2n1. The average Bonchev–Trinajstić information content (AvgIpc) is 3.20. The smallest absolute Gasteiger partial charge is 0.286 e. The molecule has 0 radical (unpaired) electrons. The lowest BCUT2D eigenvalue weighted by Gasteiger charge is -2.34. The molecule has 0 bridgehead atoms. The number of carbonyl (C=O) groups is 1. The molecular formula is C18H20N6O2. The third-order valence-corrected chi connectivity index (χ3v) is 4.61. The lowest BCUT2D eigenvalue weighted by molar-refractivity contribution is 0.0918. The van der Waals surface area contributed by atoms with Crippen molar-refractivity contribution in [3.63, 3.8) is 0 Å². The molecule has 1 fully saturated rings. The van der Waals surface area contributed by atoms with Crippen LogP contribution in [-0.2, 0) is 0 Å². The summed E-state index contributed by atoms with van der Waals surface area (Å²) in [5.74, 6) is 1.81. The zero-order chi connectivity index (χ0) is 17.9. The van der Waals surface area contributed by atoms with E-state index in [0.717, 1.165) is 37.1 Å². The fourth-order valence-corrected chi connectivity index (χ4v) is 3.35. The van der Waals surface area contributed by atoms with Crippen molar-refractivity contribution in [3.8, 4) is 0 Å². The highest BCUT2D eigenvalue weighted by atomic mass is 16.3. The van der Waals surface area contributed by atoms with Gasteiger partial charge in [-0.05, 0) is 43.0 Å². The summed E-state index contributed by atoms with van der Waals surface area (Å²) in [7, 11) is 0. The Kier molecular flexibility index (Phi) is 4.39. The van der Waals surface area contributed by atoms with Crippen LogP contribution < -0.4 is 16.0 Å². The molecule has 3 N–H and O–H groups in total. The fraction of sp³-hybridized carbons (Fsp3) is 0.333. The average molecular weight is 352 g/mol. The summed E-state index contributed by atoms with van der Waals surface area (Å²) in [6.45, 7) is 2.33. The number of nitrogens with zero attached hydrogens (tertiary/aromatic N) is 4. The van der Waals surface area contributed by atoms with Crippen LogP contribution in [-0.4, -0.2) is 40.5 Å². The first-order chi connectivity index (χ1) is 12.7. The van der Waals surface area contributed by atoms with E-state index in [9.17, 15) is 4.79 Å². The first-order valence-electron chi connectivity index (χ1n) is 8.64. The van der Waals surface area contributed by atoms with Crippen molar-refractivity contribution in [2.75, 3.05) is 30.3 Å². The van der Waals surface area contributed by atoms with Gasteiger partial charge in [0, 0.05) is 19.6 Å². The molecule has 134 valence electrons. The van der Waals surface area contributed by atoms with Crippen LogP contribution >= 0.6 is 0 Å². The largest absolute Gasteiger partial charge is 0.459 e. The van der Waals surface area contributed by atoms with E-state index in [1.807, 2.05) is 6.07 Å². The molecule has 1 atom stereocenters. The number of hydrogen-bond donors (Lipinski definition) is 2. The minimum Gasteiger partial charge on any atom is -0.459 e. The summed E-state index contributed by atoms with van der Waals surface area (Å²) in [4.78, 5) is 27.2. The molecule has 26 heavy (non-hydrogen) atoms. The Bertz CT molecular complexity index is 911. The number of furan rings is 1. The van der Waals surface area contributed by atoms with Gasteiger partial charge in [0.15, 0.2) is 11.4 Å². The van der Waals surface area contributed by atoms with Crippen LogP contribution in [0.1, 0.15) is 23.4 Å². The van der Waals surface area contributed by atoms with Gasteiger partial charge in [0.1, 0.15) is 18.0 Å². The molecule has 0 saturated carbocycles. The number of piperidine rings is 1. The lowest BCUT2D eigenvalue weighted by Crippen LogP contribution is -2.41. The van der Waals surface area contributed by atoms with Gasteiger partial charge in [0.2, 0.25) is 0 Å². The molecule has 0 aromatic carbocycles. The predicted molar refractivity (Wildman–Crippen MR) is 97.7 cm³/mol. The lowest BCUT2D eigenvalue weighted by atomic mass is 9.97. The zero-order valence-corrected chi connectivity index (χ0v) is 14.3. The van der Waals surface area contributed by atoms with E-state index in [2.05, 4.69) is 25.2 Å². The van der Waals surface area contributed by atoms with Crippen molar-refractivity contribution in [2.45, 2.75) is 12.8 Å². The summed E-state index contributed by atoms with van der Waals surface area (Å²) in [5.41, 5.74) is 6.35. The summed E-state index contributed by atoms with van der Waals surface area (Å²) >= 11 is 0. The number of amides is 1. The Morgan fingerprint density at radius 3 is 3.12 bits per heavy atom. The summed E-state index contributed by atoms with van der Waals surface area (Å²) in [6.07, 6.45) is 5.11. The molecule has 8 heteroatoms. The molecule has 1 aliphatic heterocycles. The van der Waals surface area contributed by atoms with Gasteiger partial charge >= 0.3 is 0 Å². The van der Waals surface area contributed by atoms with Gasteiger partial charge in [-0.3, -0.25) is 4.79 Å². The predicted octanol–water partition coefficient (Wildman–Crippen LogP) is 1.85. The van der Waals surface area contributed by atoms with Gasteiger partial charge in [0.05, 0.1) is 11.6 Å². The summed E-state index contributed by atoms with van der Waals surface area (Å²) in [6, 6.07) is 7.04. The second-order valence-corrected chi connectivity index (χ2v) is 6.45. The van der Waals surface area contributed by atoms with Crippen molar-refractivity contribution in [1.29, 1.82) is 0 Å².